The van der Waals surface area contributed by atoms with Crippen LogP contribution in [0.5, 0.6) is 0 Å². The SMILES string of the molecule is CC1(C)c2ccccc2-c2cccc(-n3c4ccccc4c4cc(-c5ccc6c(c5)c5ccccc5n6-c5ccccc5-c5ccccc5-c5ccc6ccc(-n7c8ccccc8c8cc(-c9ccc%10c(c9)c9ccccc9n%10-c9ccc(-c%10ccccc%10)cc9)ccc87)cc6c5)ccc43)c21. The van der Waals surface area contributed by atoms with Gasteiger partial charge in [0.25, 0.3) is 0 Å². The number of hydrogen-bond donors (Lipinski definition) is 0. The molecule has 0 atom stereocenters. The predicted molar refractivity (Wildman–Crippen MR) is 426 cm³/mol. The molecule has 20 aromatic rings. The van der Waals surface area contributed by atoms with Gasteiger partial charge >= 0.3 is 0 Å². The zero-order valence-corrected chi connectivity index (χ0v) is 55.8. The lowest BCUT2D eigenvalue weighted by atomic mass is 9.81. The lowest BCUT2D eigenvalue weighted by molar-refractivity contribution is 0.656. The van der Waals surface area contributed by atoms with Crippen molar-refractivity contribution in [3.63, 3.8) is 0 Å². The van der Waals surface area contributed by atoms with Crippen LogP contribution in [0.4, 0.5) is 0 Å². The lowest BCUT2D eigenvalue weighted by Gasteiger charge is -2.25. The molecule has 16 aromatic carbocycles. The predicted octanol–water partition coefficient (Wildman–Crippen LogP) is 25.9. The maximum Gasteiger partial charge on any atom is 0.0541 e. The van der Waals surface area contributed by atoms with Gasteiger partial charge < -0.3 is 18.3 Å². The molecule has 4 aromatic heterocycles. The smallest absolute Gasteiger partial charge is 0.0541 e. The van der Waals surface area contributed by atoms with Crippen molar-refractivity contribution in [3.05, 3.63) is 363 Å². The lowest BCUT2D eigenvalue weighted by Crippen LogP contribution is -2.17. The third-order valence-electron chi connectivity index (χ3n) is 22.1. The van der Waals surface area contributed by atoms with E-state index >= 15 is 0 Å². The highest BCUT2D eigenvalue weighted by atomic mass is 15.0. The summed E-state index contributed by atoms with van der Waals surface area (Å²) in [6.45, 7) is 4.77. The molecule has 472 valence electrons. The molecule has 0 fully saturated rings. The van der Waals surface area contributed by atoms with Crippen LogP contribution in [0.25, 0.3) is 188 Å². The van der Waals surface area contributed by atoms with Crippen LogP contribution >= 0.6 is 0 Å². The van der Waals surface area contributed by atoms with Crippen molar-refractivity contribution < 1.29 is 0 Å². The second-order valence-electron chi connectivity index (χ2n) is 27.9. The van der Waals surface area contributed by atoms with Gasteiger partial charge in [-0.05, 0) is 198 Å². The highest BCUT2D eigenvalue weighted by Crippen LogP contribution is 2.53. The van der Waals surface area contributed by atoms with Crippen molar-refractivity contribution in [2.75, 3.05) is 0 Å². The minimum absolute atomic E-state index is 0.155. The molecule has 0 radical (unpaired) electrons. The molecule has 0 spiro atoms. The maximum atomic E-state index is 2.51. The number of hydrogen-bond acceptors (Lipinski definition) is 0. The van der Waals surface area contributed by atoms with Crippen molar-refractivity contribution in [1.29, 1.82) is 0 Å². The first kappa shape index (κ1) is 57.1. The van der Waals surface area contributed by atoms with E-state index in [2.05, 4.69) is 384 Å². The third kappa shape index (κ3) is 8.62. The third-order valence-corrected chi connectivity index (χ3v) is 22.1. The summed E-state index contributed by atoms with van der Waals surface area (Å²) < 4.78 is 9.86. The van der Waals surface area contributed by atoms with E-state index in [1.54, 1.807) is 0 Å². The van der Waals surface area contributed by atoms with E-state index in [1.807, 2.05) is 0 Å². The fourth-order valence-electron chi connectivity index (χ4n) is 17.5. The maximum absolute atomic E-state index is 2.51. The van der Waals surface area contributed by atoms with Crippen molar-refractivity contribution >= 4 is 98.0 Å². The van der Waals surface area contributed by atoms with E-state index in [0.717, 1.165) is 17.1 Å². The van der Waals surface area contributed by atoms with E-state index in [1.165, 1.54) is 182 Å². The summed E-state index contributed by atoms with van der Waals surface area (Å²) in [6.07, 6.45) is 0. The van der Waals surface area contributed by atoms with E-state index in [4.69, 9.17) is 0 Å². The summed E-state index contributed by atoms with van der Waals surface area (Å²) in [5, 5.41) is 12.3. The quantitative estimate of drug-likeness (QED) is 0.137. The Morgan fingerprint density at radius 1 is 0.198 bits per heavy atom. The molecule has 0 unspecified atom stereocenters. The van der Waals surface area contributed by atoms with Crippen LogP contribution < -0.4 is 0 Å². The number of para-hydroxylation sites is 5. The molecular formula is C97H64N4. The average molecular weight is 1290 g/mol. The van der Waals surface area contributed by atoms with Crippen LogP contribution in [0.2, 0.25) is 0 Å². The number of aromatic nitrogens is 4. The Balaban J connectivity index is 0.630. The Kier molecular flexibility index (Phi) is 12.4. The van der Waals surface area contributed by atoms with Crippen LogP contribution in [0.1, 0.15) is 25.0 Å². The first-order valence-electron chi connectivity index (χ1n) is 35.1. The molecule has 0 saturated heterocycles. The number of benzene rings is 16. The Morgan fingerprint density at radius 2 is 0.574 bits per heavy atom. The minimum atomic E-state index is -0.155. The Morgan fingerprint density at radius 3 is 1.15 bits per heavy atom. The minimum Gasteiger partial charge on any atom is -0.309 e. The summed E-state index contributed by atoms with van der Waals surface area (Å²) in [7, 11) is 0. The monoisotopic (exact) mass is 1280 g/mol. The van der Waals surface area contributed by atoms with E-state index in [9.17, 15) is 0 Å². The fourth-order valence-corrected chi connectivity index (χ4v) is 17.5. The van der Waals surface area contributed by atoms with E-state index < -0.39 is 0 Å². The molecule has 0 aliphatic heterocycles. The molecule has 101 heavy (non-hydrogen) atoms. The van der Waals surface area contributed by atoms with Gasteiger partial charge in [-0.3, -0.25) is 0 Å². The summed E-state index contributed by atoms with van der Waals surface area (Å²) in [4.78, 5) is 0. The molecule has 21 rings (SSSR count). The second-order valence-corrected chi connectivity index (χ2v) is 27.9. The van der Waals surface area contributed by atoms with Gasteiger partial charge in [-0.2, -0.15) is 0 Å². The van der Waals surface area contributed by atoms with Gasteiger partial charge in [-0.15, -0.1) is 0 Å². The molecule has 0 saturated carbocycles. The van der Waals surface area contributed by atoms with Gasteiger partial charge in [0.05, 0.1) is 55.5 Å². The summed E-state index contributed by atoms with van der Waals surface area (Å²) in [5.74, 6) is 0. The van der Waals surface area contributed by atoms with Gasteiger partial charge in [0.1, 0.15) is 0 Å². The summed E-state index contributed by atoms with van der Waals surface area (Å²) >= 11 is 0. The topological polar surface area (TPSA) is 19.7 Å². The van der Waals surface area contributed by atoms with Gasteiger partial charge in [-0.25, -0.2) is 0 Å². The van der Waals surface area contributed by atoms with Gasteiger partial charge in [0, 0.05) is 65.4 Å². The molecule has 4 heterocycles. The van der Waals surface area contributed by atoms with Gasteiger partial charge in [0.15, 0.2) is 0 Å². The molecule has 4 nitrogen and oxygen atoms in total. The van der Waals surface area contributed by atoms with Crippen molar-refractivity contribution in [2.24, 2.45) is 0 Å². The largest absolute Gasteiger partial charge is 0.309 e. The first-order chi connectivity index (χ1) is 49.9. The Hall–Kier alpha value is -13.0. The highest BCUT2D eigenvalue weighted by Gasteiger charge is 2.38. The first-order valence-corrected chi connectivity index (χ1v) is 35.1. The van der Waals surface area contributed by atoms with Crippen molar-refractivity contribution in [3.8, 4) is 89.5 Å². The molecular weight excluding hydrogens is 1220 g/mol. The fraction of sp³-hybridized carbons (Fsp3) is 0.0309. The van der Waals surface area contributed by atoms with Crippen LogP contribution in [0.3, 0.4) is 0 Å². The summed E-state index contributed by atoms with van der Waals surface area (Å²) in [6, 6.07) is 131. The van der Waals surface area contributed by atoms with E-state index in [-0.39, 0.29) is 5.41 Å². The van der Waals surface area contributed by atoms with Crippen LogP contribution in [0.15, 0.2) is 352 Å². The zero-order valence-electron chi connectivity index (χ0n) is 55.8. The molecule has 1 aliphatic rings. The van der Waals surface area contributed by atoms with Crippen molar-refractivity contribution in [1.82, 2.24) is 18.3 Å². The molecule has 4 heteroatoms. The molecule has 1 aliphatic carbocycles. The number of rotatable bonds is 9. The standard InChI is InChI=1S/C97H64N4/c1-97(2)85-32-14-8-25-74(85)80-31-20-38-95(96(80)97)101-90-37-19-13-30-79(90)84-60-67(47-54-94(84)101)66-46-53-93-83(59-66)78-29-12-18-36-89(78)100(93)88-35-17-9-26-75(88)73-24-7-6-23-72(73)68-40-39-63-43-50-71(56-69(63)55-68)99-87-34-16-11-28-77(87)82-58-65(45-52-92(82)99)64-44-51-91-81(57-64)76-27-10-15-33-86(76)98(91)70-48-41-62(42-49-70)61-21-4-3-5-22-61/h3-60H,1-2H3. The van der Waals surface area contributed by atoms with Gasteiger partial charge in [0.2, 0.25) is 0 Å². The van der Waals surface area contributed by atoms with Crippen LogP contribution in [-0.2, 0) is 5.41 Å². The van der Waals surface area contributed by atoms with Crippen molar-refractivity contribution in [2.45, 2.75) is 19.3 Å². The van der Waals surface area contributed by atoms with Crippen LogP contribution in [-0.4, -0.2) is 18.3 Å². The number of nitrogens with zero attached hydrogens (tertiary/aromatic N) is 4. The number of fused-ring (bicyclic) bond motifs is 16. The van der Waals surface area contributed by atoms with Gasteiger partial charge in [-0.1, -0.05) is 250 Å². The van der Waals surface area contributed by atoms with E-state index in [0.29, 0.717) is 0 Å². The second kappa shape index (κ2) is 22.0. The Bertz CT molecular complexity index is 6840. The highest BCUT2D eigenvalue weighted by molar-refractivity contribution is 6.16. The molecule has 0 bridgehead atoms. The van der Waals surface area contributed by atoms with Crippen LogP contribution in [0, 0.1) is 0 Å². The normalized spacial score (nSPS) is 12.7. The Labute approximate surface area is 584 Å². The zero-order chi connectivity index (χ0) is 66.6. The summed E-state index contributed by atoms with van der Waals surface area (Å²) in [5.41, 5.74) is 31.3. The molecule has 0 N–H and O–H groups in total. The average Bonchev–Trinajstić information content (AvgIpc) is 1.56. The molecule has 0 amide bonds.